The molecule has 0 bridgehead atoms. The third-order valence-corrected chi connectivity index (χ3v) is 7.65. The first-order chi connectivity index (χ1) is 13.8. The molecule has 2 heteroatoms. The molecule has 1 aromatic heterocycles. The number of aromatic nitrogens is 2. The fraction of sp³-hybridized carbons (Fsp3) is 0.846. The van der Waals surface area contributed by atoms with Gasteiger partial charge in [0.25, 0.3) is 0 Å². The van der Waals surface area contributed by atoms with Crippen molar-refractivity contribution in [2.45, 2.75) is 128 Å². The molecule has 1 heterocycles. The van der Waals surface area contributed by atoms with E-state index in [1.54, 1.807) is 0 Å². The number of nitrogens with zero attached hydrogens (tertiary/aromatic N) is 2. The van der Waals surface area contributed by atoms with Crippen molar-refractivity contribution in [2.24, 2.45) is 11.8 Å². The molecule has 0 unspecified atom stereocenters. The highest BCUT2D eigenvalue weighted by Crippen LogP contribution is 2.39. The van der Waals surface area contributed by atoms with E-state index in [0.29, 0.717) is 11.8 Å². The molecule has 2 nitrogen and oxygen atoms in total. The van der Waals surface area contributed by atoms with E-state index in [9.17, 15) is 0 Å². The summed E-state index contributed by atoms with van der Waals surface area (Å²) < 4.78 is 0. The zero-order valence-corrected chi connectivity index (χ0v) is 18.7. The molecule has 0 aliphatic heterocycles. The summed E-state index contributed by atoms with van der Waals surface area (Å²) in [5, 5.41) is 9.40. The number of rotatable bonds is 10. The molecule has 2 aliphatic rings. The summed E-state index contributed by atoms with van der Waals surface area (Å²) >= 11 is 0. The fourth-order valence-electron chi connectivity index (χ4n) is 5.73. The van der Waals surface area contributed by atoms with Gasteiger partial charge in [0.2, 0.25) is 0 Å². The van der Waals surface area contributed by atoms with Crippen LogP contribution in [0.4, 0.5) is 0 Å². The predicted octanol–water partition coefficient (Wildman–Crippen LogP) is 8.18. The number of unbranched alkanes of at least 4 members (excludes halogenated alkanes) is 4. The zero-order valence-electron chi connectivity index (χ0n) is 18.7. The molecule has 28 heavy (non-hydrogen) atoms. The van der Waals surface area contributed by atoms with Gasteiger partial charge in [-0.05, 0) is 75.3 Å². The Morgan fingerprint density at radius 1 is 0.607 bits per heavy atom. The summed E-state index contributed by atoms with van der Waals surface area (Å²) in [5.74, 6) is 3.27. The van der Waals surface area contributed by atoms with Crippen LogP contribution in [0.3, 0.4) is 0 Å². The summed E-state index contributed by atoms with van der Waals surface area (Å²) in [5.41, 5.74) is 2.53. The van der Waals surface area contributed by atoms with E-state index in [2.05, 4.69) is 26.0 Å². The van der Waals surface area contributed by atoms with Crippen molar-refractivity contribution in [3.05, 3.63) is 23.5 Å². The maximum absolute atomic E-state index is 4.70. The molecule has 0 saturated heterocycles. The molecule has 2 aliphatic carbocycles. The van der Waals surface area contributed by atoms with Crippen molar-refractivity contribution in [2.75, 3.05) is 0 Å². The average Bonchev–Trinajstić information content (AvgIpc) is 2.75. The van der Waals surface area contributed by atoms with Crippen molar-refractivity contribution in [1.29, 1.82) is 0 Å². The van der Waals surface area contributed by atoms with Crippen LogP contribution in [0.5, 0.6) is 0 Å². The van der Waals surface area contributed by atoms with E-state index in [4.69, 9.17) is 10.2 Å². The Morgan fingerprint density at radius 2 is 1.11 bits per heavy atom. The molecule has 0 aromatic carbocycles. The Hall–Kier alpha value is -0.920. The standard InChI is InChI=1S/C26H44N2/c1-3-5-6-7-8-10-22-13-17-24(18-14-22)26-20-19-25(27-28-26)23-15-11-21(9-4-2)12-16-23/h19-24H,3-18H2,1-2H3. The van der Waals surface area contributed by atoms with Gasteiger partial charge in [0.1, 0.15) is 0 Å². The summed E-state index contributed by atoms with van der Waals surface area (Å²) in [6, 6.07) is 4.63. The third kappa shape index (κ3) is 6.56. The van der Waals surface area contributed by atoms with E-state index in [1.807, 2.05) is 0 Å². The minimum absolute atomic E-state index is 0.665. The van der Waals surface area contributed by atoms with Crippen LogP contribution in [0.15, 0.2) is 12.1 Å². The van der Waals surface area contributed by atoms with Crippen molar-refractivity contribution in [3.8, 4) is 0 Å². The second-order valence-electron chi connectivity index (χ2n) is 9.81. The molecule has 0 N–H and O–H groups in total. The first kappa shape index (κ1) is 21.8. The van der Waals surface area contributed by atoms with Gasteiger partial charge in [-0.2, -0.15) is 10.2 Å². The van der Waals surface area contributed by atoms with Crippen molar-refractivity contribution in [1.82, 2.24) is 10.2 Å². The highest BCUT2D eigenvalue weighted by atomic mass is 15.1. The normalized spacial score (nSPS) is 28.4. The fourth-order valence-corrected chi connectivity index (χ4v) is 5.73. The lowest BCUT2D eigenvalue weighted by Crippen LogP contribution is -2.17. The first-order valence-electron chi connectivity index (χ1n) is 12.6. The van der Waals surface area contributed by atoms with Gasteiger partial charge >= 0.3 is 0 Å². The second kappa shape index (κ2) is 11.9. The minimum atomic E-state index is 0.665. The molecule has 2 fully saturated rings. The lowest BCUT2D eigenvalue weighted by Gasteiger charge is -2.29. The molecule has 0 radical (unpaired) electrons. The maximum atomic E-state index is 4.70. The smallest absolute Gasteiger partial charge is 0.0662 e. The van der Waals surface area contributed by atoms with Crippen molar-refractivity contribution >= 4 is 0 Å². The monoisotopic (exact) mass is 384 g/mol. The van der Waals surface area contributed by atoms with Gasteiger partial charge in [-0.1, -0.05) is 65.2 Å². The molecule has 1 aromatic rings. The van der Waals surface area contributed by atoms with Gasteiger partial charge in [0.05, 0.1) is 11.4 Å². The first-order valence-corrected chi connectivity index (χ1v) is 12.6. The van der Waals surface area contributed by atoms with E-state index < -0.39 is 0 Å². The Bertz CT molecular complexity index is 522. The third-order valence-electron chi connectivity index (χ3n) is 7.65. The Labute approximate surface area is 174 Å². The van der Waals surface area contributed by atoms with Gasteiger partial charge in [0.15, 0.2) is 0 Å². The Morgan fingerprint density at radius 3 is 1.57 bits per heavy atom. The van der Waals surface area contributed by atoms with Crippen LogP contribution in [0.1, 0.15) is 140 Å². The van der Waals surface area contributed by atoms with Crippen LogP contribution in [0, 0.1) is 11.8 Å². The quantitative estimate of drug-likeness (QED) is 0.380. The Balaban J connectivity index is 1.39. The summed E-state index contributed by atoms with van der Waals surface area (Å²) in [6.45, 7) is 4.62. The van der Waals surface area contributed by atoms with Crippen molar-refractivity contribution in [3.63, 3.8) is 0 Å². The molecule has 0 atom stereocenters. The highest BCUT2D eigenvalue weighted by molar-refractivity contribution is 5.15. The van der Waals surface area contributed by atoms with Crippen LogP contribution in [0.2, 0.25) is 0 Å². The lowest BCUT2D eigenvalue weighted by atomic mass is 9.77. The average molecular weight is 385 g/mol. The number of hydrogen-bond acceptors (Lipinski definition) is 2. The van der Waals surface area contributed by atoms with E-state index >= 15 is 0 Å². The van der Waals surface area contributed by atoms with Gasteiger partial charge in [-0.15, -0.1) is 0 Å². The van der Waals surface area contributed by atoms with Crippen LogP contribution in [0.25, 0.3) is 0 Å². The molecule has 0 spiro atoms. The molecule has 158 valence electrons. The highest BCUT2D eigenvalue weighted by Gasteiger charge is 2.25. The zero-order chi connectivity index (χ0) is 19.6. The Kier molecular flexibility index (Phi) is 9.28. The predicted molar refractivity (Wildman–Crippen MR) is 120 cm³/mol. The van der Waals surface area contributed by atoms with E-state index in [1.165, 1.54) is 114 Å². The molecule has 2 saturated carbocycles. The van der Waals surface area contributed by atoms with Crippen LogP contribution in [-0.2, 0) is 0 Å². The second-order valence-corrected chi connectivity index (χ2v) is 9.81. The van der Waals surface area contributed by atoms with Gasteiger partial charge in [0, 0.05) is 11.8 Å². The molecular weight excluding hydrogens is 340 g/mol. The molecule has 0 amide bonds. The summed E-state index contributed by atoms with van der Waals surface area (Å²) in [7, 11) is 0. The maximum Gasteiger partial charge on any atom is 0.0662 e. The number of hydrogen-bond donors (Lipinski definition) is 0. The van der Waals surface area contributed by atoms with E-state index in [-0.39, 0.29) is 0 Å². The van der Waals surface area contributed by atoms with E-state index in [0.717, 1.165) is 11.8 Å². The van der Waals surface area contributed by atoms with Gasteiger partial charge in [-0.25, -0.2) is 0 Å². The molecular formula is C26H44N2. The topological polar surface area (TPSA) is 25.8 Å². The SMILES string of the molecule is CCCCCCCC1CCC(c2ccc(C3CCC(CCC)CC3)nn2)CC1. The van der Waals surface area contributed by atoms with Crippen LogP contribution in [-0.4, -0.2) is 10.2 Å². The van der Waals surface area contributed by atoms with Crippen LogP contribution < -0.4 is 0 Å². The summed E-state index contributed by atoms with van der Waals surface area (Å²) in [4.78, 5) is 0. The van der Waals surface area contributed by atoms with Gasteiger partial charge < -0.3 is 0 Å². The summed E-state index contributed by atoms with van der Waals surface area (Å²) in [6.07, 6.45) is 22.2. The lowest BCUT2D eigenvalue weighted by molar-refractivity contribution is 0.296. The van der Waals surface area contributed by atoms with Crippen molar-refractivity contribution < 1.29 is 0 Å². The largest absolute Gasteiger partial charge is 0.155 e. The molecule has 3 rings (SSSR count). The van der Waals surface area contributed by atoms with Crippen LogP contribution >= 0.6 is 0 Å². The minimum Gasteiger partial charge on any atom is -0.155 e. The van der Waals surface area contributed by atoms with Gasteiger partial charge in [-0.3, -0.25) is 0 Å².